The van der Waals surface area contributed by atoms with Gasteiger partial charge in [0.15, 0.2) is 0 Å². The number of nitrogens with zero attached hydrogens (tertiary/aromatic N) is 1. The molecule has 28 heavy (non-hydrogen) atoms. The summed E-state index contributed by atoms with van der Waals surface area (Å²) in [6.07, 6.45) is 9.89. The van der Waals surface area contributed by atoms with Gasteiger partial charge in [-0.15, -0.1) is 0 Å². The molecule has 0 radical (unpaired) electrons. The Bertz CT molecular complexity index is 877. The summed E-state index contributed by atoms with van der Waals surface area (Å²) < 4.78 is 4.76. The van der Waals surface area contributed by atoms with E-state index in [1.165, 1.54) is 38.4 Å². The van der Waals surface area contributed by atoms with Gasteiger partial charge in [-0.1, -0.05) is 23.8 Å². The quantitative estimate of drug-likeness (QED) is 0.550. The van der Waals surface area contributed by atoms with Gasteiger partial charge in [0.1, 0.15) is 5.69 Å². The second kappa shape index (κ2) is 9.69. The lowest BCUT2D eigenvalue weighted by Crippen LogP contribution is -2.17. The molecule has 0 unspecified atom stereocenters. The summed E-state index contributed by atoms with van der Waals surface area (Å²) in [6.45, 7) is 0.822. The van der Waals surface area contributed by atoms with E-state index in [1.54, 1.807) is 36.5 Å². The number of carbonyl (C=O) groups excluding carboxylic acids is 2. The Labute approximate surface area is 165 Å². The summed E-state index contributed by atoms with van der Waals surface area (Å²) >= 11 is 0. The van der Waals surface area contributed by atoms with Crippen LogP contribution >= 0.6 is 0 Å². The molecule has 0 spiro atoms. The highest BCUT2D eigenvalue weighted by atomic mass is 16.5. The normalized spacial score (nSPS) is 13.4. The van der Waals surface area contributed by atoms with E-state index in [0.29, 0.717) is 11.3 Å². The number of ether oxygens (including phenoxy) is 1. The third-order valence-corrected chi connectivity index (χ3v) is 4.73. The summed E-state index contributed by atoms with van der Waals surface area (Å²) in [6, 6.07) is 10.3. The lowest BCUT2D eigenvalue weighted by molar-refractivity contribution is 0.0602. The number of allylic oxidation sites excluding steroid dienone is 1. The first-order valence-corrected chi connectivity index (χ1v) is 9.54. The first-order valence-electron chi connectivity index (χ1n) is 9.54. The van der Waals surface area contributed by atoms with E-state index in [2.05, 4.69) is 21.7 Å². The minimum absolute atomic E-state index is 0.279. The Hall–Kier alpha value is -3.15. The summed E-state index contributed by atoms with van der Waals surface area (Å²) in [5, 5.41) is 6.09. The van der Waals surface area contributed by atoms with E-state index < -0.39 is 5.97 Å². The lowest BCUT2D eigenvalue weighted by Gasteiger charge is -2.14. The molecule has 1 heterocycles. The number of para-hydroxylation sites is 1. The van der Waals surface area contributed by atoms with Gasteiger partial charge < -0.3 is 15.4 Å². The van der Waals surface area contributed by atoms with Crippen LogP contribution in [0.25, 0.3) is 0 Å². The number of rotatable bonds is 7. The van der Waals surface area contributed by atoms with E-state index in [0.717, 1.165) is 18.7 Å². The molecule has 0 aliphatic heterocycles. The number of anilines is 2. The Morgan fingerprint density at radius 1 is 1.18 bits per heavy atom. The van der Waals surface area contributed by atoms with Crippen molar-refractivity contribution < 1.29 is 14.3 Å². The smallest absolute Gasteiger partial charge is 0.339 e. The fourth-order valence-electron chi connectivity index (χ4n) is 3.23. The molecule has 0 bridgehead atoms. The average Bonchev–Trinajstić information content (AvgIpc) is 2.74. The molecule has 6 nitrogen and oxygen atoms in total. The van der Waals surface area contributed by atoms with Crippen molar-refractivity contribution in [3.05, 3.63) is 65.5 Å². The highest BCUT2D eigenvalue weighted by molar-refractivity contribution is 6.07. The van der Waals surface area contributed by atoms with Gasteiger partial charge in [-0.3, -0.25) is 9.78 Å². The number of methoxy groups -OCH3 is 1. The van der Waals surface area contributed by atoms with E-state index >= 15 is 0 Å². The van der Waals surface area contributed by atoms with Gasteiger partial charge in [0, 0.05) is 18.4 Å². The fraction of sp³-hybridized carbons (Fsp3) is 0.318. The molecule has 2 N–H and O–H groups in total. The molecule has 1 aliphatic carbocycles. The maximum atomic E-state index is 12.6. The third-order valence-electron chi connectivity index (χ3n) is 4.73. The van der Waals surface area contributed by atoms with Gasteiger partial charge >= 0.3 is 5.97 Å². The van der Waals surface area contributed by atoms with Crippen molar-refractivity contribution in [1.82, 2.24) is 4.98 Å². The highest BCUT2D eigenvalue weighted by Gasteiger charge is 2.15. The first-order chi connectivity index (χ1) is 13.7. The predicted octanol–water partition coefficient (Wildman–Crippen LogP) is 4.42. The zero-order valence-corrected chi connectivity index (χ0v) is 16.0. The van der Waals surface area contributed by atoms with Crippen LogP contribution in [0, 0.1) is 0 Å². The van der Waals surface area contributed by atoms with Crippen molar-refractivity contribution in [1.29, 1.82) is 0 Å². The van der Waals surface area contributed by atoms with Crippen LogP contribution in [0.3, 0.4) is 0 Å². The summed E-state index contributed by atoms with van der Waals surface area (Å²) in [5.74, 6) is -0.883. The van der Waals surface area contributed by atoms with Crippen LogP contribution in [0.4, 0.5) is 11.4 Å². The Morgan fingerprint density at radius 3 is 2.82 bits per heavy atom. The van der Waals surface area contributed by atoms with Crippen molar-refractivity contribution in [3.8, 4) is 0 Å². The summed E-state index contributed by atoms with van der Waals surface area (Å²) in [7, 11) is 1.31. The number of nitrogens with one attached hydrogen (secondary N) is 2. The topological polar surface area (TPSA) is 80.3 Å². The molecule has 1 amide bonds. The molecule has 1 aliphatic rings. The van der Waals surface area contributed by atoms with Gasteiger partial charge in [0.05, 0.1) is 18.4 Å². The van der Waals surface area contributed by atoms with Crippen LogP contribution in [-0.2, 0) is 4.74 Å². The molecule has 146 valence electrons. The molecule has 3 rings (SSSR count). The zero-order valence-electron chi connectivity index (χ0n) is 16.0. The molecular formula is C22H25N3O3. The monoisotopic (exact) mass is 379 g/mol. The Morgan fingerprint density at radius 2 is 2.04 bits per heavy atom. The van der Waals surface area contributed by atoms with Crippen molar-refractivity contribution in [2.45, 2.75) is 32.1 Å². The number of aromatic nitrogens is 1. The third kappa shape index (κ3) is 5.19. The van der Waals surface area contributed by atoms with Crippen molar-refractivity contribution in [2.24, 2.45) is 0 Å². The summed E-state index contributed by atoms with van der Waals surface area (Å²) in [5.41, 5.74) is 3.32. The van der Waals surface area contributed by atoms with Crippen LogP contribution < -0.4 is 10.6 Å². The van der Waals surface area contributed by atoms with Crippen LogP contribution in [0.15, 0.2) is 54.2 Å². The second-order valence-electron chi connectivity index (χ2n) is 6.71. The molecule has 2 aromatic rings. The predicted molar refractivity (Wildman–Crippen MR) is 110 cm³/mol. The molecule has 1 aromatic heterocycles. The minimum atomic E-state index is -0.503. The second-order valence-corrected chi connectivity index (χ2v) is 6.71. The van der Waals surface area contributed by atoms with Crippen LogP contribution in [0.1, 0.15) is 53.0 Å². The highest BCUT2D eigenvalue weighted by Crippen LogP contribution is 2.21. The van der Waals surface area contributed by atoms with Crippen LogP contribution in [0.5, 0.6) is 0 Å². The zero-order chi connectivity index (χ0) is 19.8. The number of benzene rings is 1. The van der Waals surface area contributed by atoms with Crippen LogP contribution in [-0.4, -0.2) is 30.5 Å². The van der Waals surface area contributed by atoms with Gasteiger partial charge in [0.25, 0.3) is 5.91 Å². The maximum absolute atomic E-state index is 12.6. The molecular weight excluding hydrogens is 354 g/mol. The fourth-order valence-corrected chi connectivity index (χ4v) is 3.23. The number of hydrogen-bond donors (Lipinski definition) is 2. The largest absolute Gasteiger partial charge is 0.465 e. The van der Waals surface area contributed by atoms with Gasteiger partial charge in [-0.05, 0) is 56.4 Å². The molecule has 0 saturated heterocycles. The van der Waals surface area contributed by atoms with Crippen molar-refractivity contribution in [2.75, 3.05) is 24.3 Å². The van der Waals surface area contributed by atoms with Crippen molar-refractivity contribution >= 4 is 23.3 Å². The molecule has 0 fully saturated rings. The maximum Gasteiger partial charge on any atom is 0.339 e. The van der Waals surface area contributed by atoms with Gasteiger partial charge in [0.2, 0.25) is 0 Å². The molecule has 6 heteroatoms. The number of pyridine rings is 1. The molecule has 0 saturated carbocycles. The number of esters is 1. The number of carbonyl (C=O) groups is 2. The van der Waals surface area contributed by atoms with E-state index in [9.17, 15) is 9.59 Å². The van der Waals surface area contributed by atoms with E-state index in [4.69, 9.17) is 4.74 Å². The standard InChI is InChI=1S/C22H25N3O3/c1-28-22(27)18-9-5-6-10-19(18)25-21(26)20-15-17(12-14-24-20)23-13-11-16-7-3-2-4-8-16/h5-7,9-10,12,14-15H,2-4,8,11,13H2,1H3,(H,23,24)(H,25,26). The van der Waals surface area contributed by atoms with Crippen LogP contribution in [0.2, 0.25) is 0 Å². The molecule has 1 aromatic carbocycles. The number of amides is 1. The SMILES string of the molecule is COC(=O)c1ccccc1NC(=O)c1cc(NCCC2=CCCCC2)ccn1. The van der Waals surface area contributed by atoms with E-state index in [-0.39, 0.29) is 11.6 Å². The Balaban J connectivity index is 1.62. The summed E-state index contributed by atoms with van der Waals surface area (Å²) in [4.78, 5) is 28.6. The Kier molecular flexibility index (Phi) is 6.78. The van der Waals surface area contributed by atoms with Gasteiger partial charge in [-0.2, -0.15) is 0 Å². The average molecular weight is 379 g/mol. The molecule has 0 atom stereocenters. The lowest BCUT2D eigenvalue weighted by atomic mass is 9.97. The van der Waals surface area contributed by atoms with Gasteiger partial charge in [-0.25, -0.2) is 4.79 Å². The minimum Gasteiger partial charge on any atom is -0.465 e. The van der Waals surface area contributed by atoms with Crippen molar-refractivity contribution in [3.63, 3.8) is 0 Å². The first kappa shape index (κ1) is 19.6. The van der Waals surface area contributed by atoms with E-state index in [1.807, 2.05) is 6.07 Å². The number of hydrogen-bond acceptors (Lipinski definition) is 5.